The van der Waals surface area contributed by atoms with Crippen LogP contribution in [0.1, 0.15) is 11.5 Å². The van der Waals surface area contributed by atoms with Gasteiger partial charge in [-0.1, -0.05) is 18.2 Å². The van der Waals surface area contributed by atoms with Crippen molar-refractivity contribution in [2.45, 2.75) is 0 Å². The van der Waals surface area contributed by atoms with Crippen LogP contribution in [0.4, 0.5) is 5.69 Å². The smallest absolute Gasteiger partial charge is 0.280 e. The van der Waals surface area contributed by atoms with Crippen molar-refractivity contribution in [1.29, 1.82) is 5.26 Å². The van der Waals surface area contributed by atoms with Gasteiger partial charge in [0.15, 0.2) is 0 Å². The first-order chi connectivity index (χ1) is 11.7. The Morgan fingerprint density at radius 3 is 2.67 bits per heavy atom. The molecule has 3 rings (SSSR count). The second kappa shape index (κ2) is 6.58. The van der Waals surface area contributed by atoms with Crippen molar-refractivity contribution >= 4 is 17.3 Å². The summed E-state index contributed by atoms with van der Waals surface area (Å²) in [5, 5.41) is 20.4. The Bertz CT molecular complexity index is 953. The van der Waals surface area contributed by atoms with Crippen LogP contribution in [0.25, 0.3) is 23.0 Å². The largest absolute Gasteiger partial charge is 0.456 e. The van der Waals surface area contributed by atoms with E-state index in [2.05, 4.69) is 11.1 Å². The topological polar surface area (TPSA) is 93.0 Å². The van der Waals surface area contributed by atoms with Gasteiger partial charge in [-0.15, -0.1) is 0 Å². The summed E-state index contributed by atoms with van der Waals surface area (Å²) in [7, 11) is 0. The fraction of sp³-hybridized carbons (Fsp3) is 0. The Labute approximate surface area is 137 Å². The van der Waals surface area contributed by atoms with Crippen molar-refractivity contribution in [2.75, 3.05) is 0 Å². The van der Waals surface area contributed by atoms with E-state index in [9.17, 15) is 15.4 Å². The summed E-state index contributed by atoms with van der Waals surface area (Å²) < 4.78 is 5.65. The number of hydrogen-bond donors (Lipinski definition) is 0. The lowest BCUT2D eigenvalue weighted by molar-refractivity contribution is -0.384. The Kier molecular flexibility index (Phi) is 4.17. The van der Waals surface area contributed by atoms with Crippen molar-refractivity contribution in [3.63, 3.8) is 0 Å². The molecule has 0 amide bonds. The Morgan fingerprint density at radius 1 is 1.17 bits per heavy atom. The second-order valence-electron chi connectivity index (χ2n) is 4.86. The van der Waals surface area contributed by atoms with E-state index in [0.717, 1.165) is 0 Å². The molecular formula is C18H11N3O3. The summed E-state index contributed by atoms with van der Waals surface area (Å²) in [6.07, 6.45) is 3.15. The Hall–Kier alpha value is -3.72. The molecular weight excluding hydrogens is 306 g/mol. The molecule has 0 aliphatic carbocycles. The summed E-state index contributed by atoms with van der Waals surface area (Å²) >= 11 is 0. The first-order valence-electron chi connectivity index (χ1n) is 7.06. The lowest BCUT2D eigenvalue weighted by Crippen LogP contribution is -1.90. The van der Waals surface area contributed by atoms with Crippen LogP contribution >= 0.6 is 0 Å². The zero-order valence-corrected chi connectivity index (χ0v) is 12.4. The first-order valence-corrected chi connectivity index (χ1v) is 7.06. The van der Waals surface area contributed by atoms with Crippen molar-refractivity contribution in [2.24, 2.45) is 0 Å². The fourth-order valence-electron chi connectivity index (χ4n) is 2.24. The van der Waals surface area contributed by atoms with Gasteiger partial charge < -0.3 is 4.42 Å². The van der Waals surface area contributed by atoms with Gasteiger partial charge in [0.2, 0.25) is 0 Å². The highest BCUT2D eigenvalue weighted by Crippen LogP contribution is 2.31. The maximum atomic E-state index is 11.1. The highest BCUT2D eigenvalue weighted by atomic mass is 16.6. The van der Waals surface area contributed by atoms with Crippen LogP contribution in [0.5, 0.6) is 0 Å². The van der Waals surface area contributed by atoms with Gasteiger partial charge in [-0.05, 0) is 30.3 Å². The van der Waals surface area contributed by atoms with E-state index in [4.69, 9.17) is 4.42 Å². The van der Waals surface area contributed by atoms with E-state index in [-0.39, 0.29) is 5.69 Å². The quantitative estimate of drug-likeness (QED) is 0.406. The number of aromatic nitrogens is 1. The molecule has 0 atom stereocenters. The average Bonchev–Trinajstić information content (AvgIpc) is 3.09. The normalized spacial score (nSPS) is 11.0. The summed E-state index contributed by atoms with van der Waals surface area (Å²) in [6, 6.07) is 17.0. The van der Waals surface area contributed by atoms with Gasteiger partial charge in [0.05, 0.1) is 21.8 Å². The lowest BCUT2D eigenvalue weighted by Gasteiger charge is -1.99. The van der Waals surface area contributed by atoms with Crippen LogP contribution in [0.2, 0.25) is 0 Å². The van der Waals surface area contributed by atoms with E-state index in [1.54, 1.807) is 60.8 Å². The van der Waals surface area contributed by atoms with E-state index < -0.39 is 4.92 Å². The van der Waals surface area contributed by atoms with Gasteiger partial charge in [0.1, 0.15) is 17.6 Å². The summed E-state index contributed by atoms with van der Waals surface area (Å²) in [5.41, 5.74) is 1.23. The number of para-hydroxylation sites is 1. The van der Waals surface area contributed by atoms with E-state index in [1.165, 1.54) is 6.07 Å². The molecule has 0 saturated carbocycles. The number of benzene rings is 1. The third-order valence-electron chi connectivity index (χ3n) is 3.34. The zero-order chi connectivity index (χ0) is 16.9. The molecule has 3 aromatic rings. The minimum absolute atomic E-state index is 0.0346. The number of hydrogen-bond acceptors (Lipinski definition) is 5. The standard InChI is InChI=1S/C18H11N3O3/c19-12-13(16-6-3-4-10-20-16)11-14-8-9-18(24-14)15-5-1-2-7-17(15)21(22)23/h1-11H/b13-11-. The van der Waals surface area contributed by atoms with E-state index >= 15 is 0 Å². The molecule has 0 spiro atoms. The fourth-order valence-corrected chi connectivity index (χ4v) is 2.24. The number of pyridine rings is 1. The average molecular weight is 317 g/mol. The van der Waals surface area contributed by atoms with Gasteiger partial charge in [-0.3, -0.25) is 15.1 Å². The molecule has 116 valence electrons. The highest BCUT2D eigenvalue weighted by molar-refractivity contribution is 5.87. The van der Waals surface area contributed by atoms with Crippen LogP contribution in [0, 0.1) is 21.4 Å². The molecule has 0 N–H and O–H groups in total. The van der Waals surface area contributed by atoms with Crippen molar-refractivity contribution < 1.29 is 9.34 Å². The molecule has 0 unspecified atom stereocenters. The minimum Gasteiger partial charge on any atom is -0.456 e. The van der Waals surface area contributed by atoms with Crippen molar-refractivity contribution in [3.05, 3.63) is 82.4 Å². The van der Waals surface area contributed by atoms with E-state index in [1.807, 2.05) is 0 Å². The number of rotatable bonds is 4. The second-order valence-corrected chi connectivity index (χ2v) is 4.86. The number of nitriles is 1. The molecule has 6 nitrogen and oxygen atoms in total. The SMILES string of the molecule is N#C/C(=C/c1ccc(-c2ccccc2[N+](=O)[O-])o1)c1ccccn1. The molecule has 2 heterocycles. The summed E-state index contributed by atoms with van der Waals surface area (Å²) in [4.78, 5) is 14.8. The molecule has 24 heavy (non-hydrogen) atoms. The minimum atomic E-state index is -0.456. The molecule has 2 aromatic heterocycles. The van der Waals surface area contributed by atoms with Gasteiger partial charge in [0, 0.05) is 18.3 Å². The van der Waals surface area contributed by atoms with Gasteiger partial charge >= 0.3 is 0 Å². The number of allylic oxidation sites excluding steroid dienone is 1. The molecule has 1 aromatic carbocycles. The highest BCUT2D eigenvalue weighted by Gasteiger charge is 2.17. The third kappa shape index (κ3) is 3.05. The van der Waals surface area contributed by atoms with Crippen LogP contribution in [-0.2, 0) is 0 Å². The molecule has 0 bridgehead atoms. The van der Waals surface area contributed by atoms with Crippen molar-refractivity contribution in [1.82, 2.24) is 4.98 Å². The Morgan fingerprint density at radius 2 is 1.96 bits per heavy atom. The number of nitrogens with zero attached hydrogens (tertiary/aromatic N) is 3. The molecule has 0 aliphatic heterocycles. The first kappa shape index (κ1) is 15.2. The number of nitro benzene ring substituents is 1. The van der Waals surface area contributed by atoms with Gasteiger partial charge in [0.25, 0.3) is 5.69 Å². The summed E-state index contributed by atoms with van der Waals surface area (Å²) in [6.45, 7) is 0. The van der Waals surface area contributed by atoms with Crippen LogP contribution in [0.15, 0.2) is 65.2 Å². The number of furan rings is 1. The monoisotopic (exact) mass is 317 g/mol. The molecule has 0 radical (unpaired) electrons. The number of nitro groups is 1. The Balaban J connectivity index is 1.99. The predicted octanol–water partition coefficient (Wildman–Crippen LogP) is 4.31. The van der Waals surface area contributed by atoms with Gasteiger partial charge in [-0.2, -0.15) is 5.26 Å². The molecule has 0 saturated heterocycles. The predicted molar refractivity (Wildman–Crippen MR) is 88.5 cm³/mol. The van der Waals surface area contributed by atoms with Gasteiger partial charge in [-0.25, -0.2) is 0 Å². The van der Waals surface area contributed by atoms with Crippen molar-refractivity contribution in [3.8, 4) is 17.4 Å². The van der Waals surface area contributed by atoms with Crippen LogP contribution < -0.4 is 0 Å². The maximum absolute atomic E-state index is 11.1. The molecule has 0 aliphatic rings. The van der Waals surface area contributed by atoms with Crippen LogP contribution in [0.3, 0.4) is 0 Å². The zero-order valence-electron chi connectivity index (χ0n) is 12.4. The van der Waals surface area contributed by atoms with E-state index in [0.29, 0.717) is 28.4 Å². The van der Waals surface area contributed by atoms with Crippen LogP contribution in [-0.4, -0.2) is 9.91 Å². The molecule has 0 fully saturated rings. The molecule has 6 heteroatoms. The third-order valence-corrected chi connectivity index (χ3v) is 3.34. The summed E-state index contributed by atoms with van der Waals surface area (Å²) in [5.74, 6) is 0.789. The lowest BCUT2D eigenvalue weighted by atomic mass is 10.1. The maximum Gasteiger partial charge on any atom is 0.280 e.